The minimum atomic E-state index is -0.451. The zero-order valence-corrected chi connectivity index (χ0v) is 26.2. The van der Waals surface area contributed by atoms with Gasteiger partial charge in [0, 0.05) is 22.3 Å². The second kappa shape index (κ2) is 15.2. The maximum absolute atomic E-state index is 13.8. The van der Waals surface area contributed by atoms with Crippen LogP contribution in [0.25, 0.3) is 0 Å². The van der Waals surface area contributed by atoms with Gasteiger partial charge in [-0.3, -0.25) is 19.2 Å². The molecule has 1 aliphatic rings. The summed E-state index contributed by atoms with van der Waals surface area (Å²) in [6, 6.07) is 23.1. The van der Waals surface area contributed by atoms with Crippen molar-refractivity contribution in [3.05, 3.63) is 118 Å². The molecule has 0 heterocycles. The first kappa shape index (κ1) is 32.2. The van der Waals surface area contributed by atoms with Crippen LogP contribution >= 0.6 is 0 Å². The standard InChI is InChI=1S/C38H38N2O6/c1-3-5-9-23-45-27-17-13-25(14-18-27)37(43)39-31-21-22-32(34-33(31)35(41)29-11-7-8-12-30(29)36(34)42)40-38(44)26-15-19-28(20-16-26)46-24-10-6-4-2/h7-8,11-22H,3-6,9-10,23-24H2,1-2H3,(H,39,43)(H,40,44). The molecule has 0 saturated carbocycles. The van der Waals surface area contributed by atoms with E-state index >= 15 is 0 Å². The van der Waals surface area contributed by atoms with Gasteiger partial charge in [0.1, 0.15) is 11.5 Å². The number of hydrogen-bond acceptors (Lipinski definition) is 6. The quantitative estimate of drug-likeness (QED) is 0.122. The normalized spacial score (nSPS) is 11.8. The van der Waals surface area contributed by atoms with Crippen molar-refractivity contribution in [2.75, 3.05) is 23.8 Å². The first-order valence-electron chi connectivity index (χ1n) is 15.8. The van der Waals surface area contributed by atoms with Crippen molar-refractivity contribution in [1.82, 2.24) is 0 Å². The number of ketones is 2. The number of nitrogens with one attached hydrogen (secondary N) is 2. The lowest BCUT2D eigenvalue weighted by atomic mass is 9.82. The summed E-state index contributed by atoms with van der Waals surface area (Å²) < 4.78 is 11.5. The van der Waals surface area contributed by atoms with Crippen molar-refractivity contribution >= 4 is 34.8 Å². The van der Waals surface area contributed by atoms with Gasteiger partial charge in [0.15, 0.2) is 11.6 Å². The molecule has 0 saturated heterocycles. The minimum Gasteiger partial charge on any atom is -0.494 e. The molecule has 4 aromatic carbocycles. The fraction of sp³-hybridized carbons (Fsp3) is 0.263. The Morgan fingerprint density at radius 3 is 1.30 bits per heavy atom. The molecule has 4 aromatic rings. The highest BCUT2D eigenvalue weighted by atomic mass is 16.5. The summed E-state index contributed by atoms with van der Waals surface area (Å²) >= 11 is 0. The van der Waals surface area contributed by atoms with E-state index in [1.807, 2.05) is 0 Å². The van der Waals surface area contributed by atoms with Gasteiger partial charge >= 0.3 is 0 Å². The molecule has 0 aromatic heterocycles. The van der Waals surface area contributed by atoms with Crippen LogP contribution in [0.3, 0.4) is 0 Å². The molecular weight excluding hydrogens is 580 g/mol. The van der Waals surface area contributed by atoms with Crippen LogP contribution in [-0.2, 0) is 0 Å². The summed E-state index contributed by atoms with van der Waals surface area (Å²) in [5.41, 5.74) is 1.60. The van der Waals surface area contributed by atoms with E-state index < -0.39 is 23.4 Å². The van der Waals surface area contributed by atoms with Crippen LogP contribution in [0.1, 0.15) is 105 Å². The Bertz CT molecular complexity index is 1600. The third-order valence-corrected chi connectivity index (χ3v) is 7.84. The zero-order chi connectivity index (χ0) is 32.5. The molecule has 0 atom stereocenters. The second-order valence-electron chi connectivity index (χ2n) is 11.2. The van der Waals surface area contributed by atoms with E-state index in [1.54, 1.807) is 72.8 Å². The molecule has 8 heteroatoms. The summed E-state index contributed by atoms with van der Waals surface area (Å²) in [5, 5.41) is 5.62. The van der Waals surface area contributed by atoms with Crippen molar-refractivity contribution in [2.24, 2.45) is 0 Å². The fourth-order valence-corrected chi connectivity index (χ4v) is 5.31. The molecule has 0 bridgehead atoms. The molecule has 2 amide bonds. The second-order valence-corrected chi connectivity index (χ2v) is 11.2. The number of fused-ring (bicyclic) bond motifs is 2. The summed E-state index contributed by atoms with van der Waals surface area (Å²) in [6.45, 7) is 5.46. The van der Waals surface area contributed by atoms with Crippen molar-refractivity contribution in [3.63, 3.8) is 0 Å². The maximum Gasteiger partial charge on any atom is 0.255 e. The average molecular weight is 619 g/mol. The molecule has 0 spiro atoms. The molecule has 0 unspecified atom stereocenters. The van der Waals surface area contributed by atoms with Gasteiger partial charge in [-0.15, -0.1) is 0 Å². The lowest BCUT2D eigenvalue weighted by molar-refractivity contribution is 0.0977. The van der Waals surface area contributed by atoms with E-state index in [9.17, 15) is 19.2 Å². The smallest absolute Gasteiger partial charge is 0.255 e. The largest absolute Gasteiger partial charge is 0.494 e. The lowest BCUT2D eigenvalue weighted by Gasteiger charge is -2.23. The first-order valence-corrected chi connectivity index (χ1v) is 15.8. The monoisotopic (exact) mass is 618 g/mol. The molecule has 0 radical (unpaired) electrons. The van der Waals surface area contributed by atoms with Crippen LogP contribution in [0.5, 0.6) is 11.5 Å². The third kappa shape index (κ3) is 7.34. The molecular formula is C38H38N2O6. The van der Waals surface area contributed by atoms with Crippen molar-refractivity contribution < 1.29 is 28.7 Å². The van der Waals surface area contributed by atoms with Crippen LogP contribution in [0.15, 0.2) is 84.9 Å². The Morgan fingerprint density at radius 1 is 0.543 bits per heavy atom. The van der Waals surface area contributed by atoms with Gasteiger partial charge in [0.25, 0.3) is 11.8 Å². The molecule has 1 aliphatic carbocycles. The molecule has 236 valence electrons. The third-order valence-electron chi connectivity index (χ3n) is 7.84. The Labute approximate surface area is 269 Å². The topological polar surface area (TPSA) is 111 Å². The number of hydrogen-bond donors (Lipinski definition) is 2. The molecule has 2 N–H and O–H groups in total. The number of rotatable bonds is 14. The molecule has 46 heavy (non-hydrogen) atoms. The molecule has 8 nitrogen and oxygen atoms in total. The number of benzene rings is 4. The van der Waals surface area contributed by atoms with Gasteiger partial charge < -0.3 is 20.1 Å². The van der Waals surface area contributed by atoms with E-state index in [0.717, 1.165) is 38.5 Å². The first-order chi connectivity index (χ1) is 22.4. The van der Waals surface area contributed by atoms with Crippen LogP contribution in [0, 0.1) is 0 Å². The number of ether oxygens (including phenoxy) is 2. The van der Waals surface area contributed by atoms with Gasteiger partial charge in [-0.05, 0) is 73.5 Å². The summed E-state index contributed by atoms with van der Waals surface area (Å²) in [4.78, 5) is 54.2. The highest BCUT2D eigenvalue weighted by molar-refractivity contribution is 6.33. The van der Waals surface area contributed by atoms with E-state index in [-0.39, 0.29) is 33.6 Å². The maximum atomic E-state index is 13.8. The van der Waals surface area contributed by atoms with Gasteiger partial charge in [0.2, 0.25) is 0 Å². The van der Waals surface area contributed by atoms with Crippen molar-refractivity contribution in [2.45, 2.75) is 52.4 Å². The van der Waals surface area contributed by atoms with E-state index in [2.05, 4.69) is 24.5 Å². The highest BCUT2D eigenvalue weighted by Gasteiger charge is 2.34. The summed E-state index contributed by atoms with van der Waals surface area (Å²) in [7, 11) is 0. The molecule has 5 rings (SSSR count). The summed E-state index contributed by atoms with van der Waals surface area (Å²) in [6.07, 6.45) is 6.28. The predicted molar refractivity (Wildman–Crippen MR) is 179 cm³/mol. The SMILES string of the molecule is CCCCCOc1ccc(C(=O)Nc2ccc(NC(=O)c3ccc(OCCCCC)cc3)c3c2C(=O)c2ccccc2C3=O)cc1. The Morgan fingerprint density at radius 2 is 0.935 bits per heavy atom. The Balaban J connectivity index is 1.39. The van der Waals surface area contributed by atoms with Gasteiger partial charge in [-0.2, -0.15) is 0 Å². The van der Waals surface area contributed by atoms with Crippen LogP contribution in [-0.4, -0.2) is 36.6 Å². The van der Waals surface area contributed by atoms with Crippen LogP contribution in [0.2, 0.25) is 0 Å². The Hall–Kier alpha value is -5.24. The fourth-order valence-electron chi connectivity index (χ4n) is 5.31. The number of amides is 2. The number of anilines is 2. The van der Waals surface area contributed by atoms with E-state index in [0.29, 0.717) is 35.8 Å². The summed E-state index contributed by atoms with van der Waals surface area (Å²) in [5.74, 6) is -0.414. The number of carbonyl (C=O) groups excluding carboxylic acids is 4. The number of carbonyl (C=O) groups is 4. The lowest BCUT2D eigenvalue weighted by Crippen LogP contribution is -2.26. The van der Waals surface area contributed by atoms with E-state index in [1.165, 1.54) is 12.1 Å². The molecule has 0 fully saturated rings. The van der Waals surface area contributed by atoms with Gasteiger partial charge in [-0.1, -0.05) is 63.8 Å². The van der Waals surface area contributed by atoms with Crippen molar-refractivity contribution in [3.8, 4) is 11.5 Å². The predicted octanol–water partition coefficient (Wildman–Crippen LogP) is 8.10. The highest BCUT2D eigenvalue weighted by Crippen LogP contribution is 2.37. The van der Waals surface area contributed by atoms with Crippen molar-refractivity contribution in [1.29, 1.82) is 0 Å². The van der Waals surface area contributed by atoms with Gasteiger partial charge in [0.05, 0.1) is 35.7 Å². The minimum absolute atomic E-state index is 0.0292. The van der Waals surface area contributed by atoms with Gasteiger partial charge in [-0.25, -0.2) is 0 Å². The zero-order valence-electron chi connectivity index (χ0n) is 26.2. The average Bonchev–Trinajstić information content (AvgIpc) is 3.08. The molecule has 0 aliphatic heterocycles. The van der Waals surface area contributed by atoms with Crippen LogP contribution in [0.4, 0.5) is 11.4 Å². The Kier molecular flexibility index (Phi) is 10.6. The van der Waals surface area contributed by atoms with Crippen LogP contribution < -0.4 is 20.1 Å². The van der Waals surface area contributed by atoms with E-state index in [4.69, 9.17) is 9.47 Å². The number of unbranched alkanes of at least 4 members (excludes halogenated alkanes) is 4.